The minimum atomic E-state index is -0.436. The summed E-state index contributed by atoms with van der Waals surface area (Å²) in [5, 5.41) is 12.1. The number of benzene rings is 2. The van der Waals surface area contributed by atoms with Crippen LogP contribution in [0, 0.1) is 12.8 Å². The van der Waals surface area contributed by atoms with E-state index >= 15 is 0 Å². The fraction of sp³-hybridized carbons (Fsp3) is 0.606. The molecule has 1 amide bonds. The van der Waals surface area contributed by atoms with E-state index in [1.165, 1.54) is 17.5 Å². The first-order chi connectivity index (χ1) is 19.5. The molecule has 7 heteroatoms. The summed E-state index contributed by atoms with van der Waals surface area (Å²) in [5.74, 6) is 1.48. The van der Waals surface area contributed by atoms with Crippen LogP contribution in [0.3, 0.4) is 0 Å². The van der Waals surface area contributed by atoms with Gasteiger partial charge in [-0.1, -0.05) is 75.5 Å². The Morgan fingerprint density at radius 1 is 1.10 bits per heavy atom. The summed E-state index contributed by atoms with van der Waals surface area (Å²) >= 11 is 0. The summed E-state index contributed by atoms with van der Waals surface area (Å²) in [5.41, 5.74) is 3.06. The molecule has 2 N–H and O–H groups in total. The van der Waals surface area contributed by atoms with E-state index in [0.717, 1.165) is 50.2 Å². The molecule has 2 saturated heterocycles. The second kappa shape index (κ2) is 15.0. The van der Waals surface area contributed by atoms with Gasteiger partial charge >= 0.3 is 0 Å². The third-order valence-corrected chi connectivity index (χ3v) is 8.52. The molecule has 2 aliphatic rings. The normalized spacial score (nSPS) is 19.7. The molecule has 3 unspecified atom stereocenters. The lowest BCUT2D eigenvalue weighted by atomic mass is 9.82. The van der Waals surface area contributed by atoms with Crippen molar-refractivity contribution in [3.05, 3.63) is 70.5 Å². The maximum Gasteiger partial charge on any atom is 0.205 e. The van der Waals surface area contributed by atoms with E-state index in [2.05, 4.69) is 55.7 Å². The van der Waals surface area contributed by atoms with Crippen LogP contribution in [0.15, 0.2) is 48.5 Å². The summed E-state index contributed by atoms with van der Waals surface area (Å²) in [6.07, 6.45) is 6.01. The van der Waals surface area contributed by atoms with Gasteiger partial charge in [-0.25, -0.2) is 0 Å². The number of nitrogens with zero attached hydrogens (tertiary/aromatic N) is 2. The number of unbranched alkanes of at least 4 members (excludes halogenated alkanes) is 1. The number of likely N-dealkylation sites (tertiary alicyclic amines) is 1. The predicted molar refractivity (Wildman–Crippen MR) is 162 cm³/mol. The maximum absolute atomic E-state index is 14.0. The number of rotatable bonds is 16. The predicted octanol–water partition coefficient (Wildman–Crippen LogP) is 5.17. The second-order valence-electron chi connectivity index (χ2n) is 11.5. The Balaban J connectivity index is 1.46. The van der Waals surface area contributed by atoms with Crippen molar-refractivity contribution in [3.8, 4) is 5.75 Å². The van der Waals surface area contributed by atoms with Crippen molar-refractivity contribution in [2.24, 2.45) is 5.92 Å². The third-order valence-electron chi connectivity index (χ3n) is 8.52. The Morgan fingerprint density at radius 2 is 1.88 bits per heavy atom. The van der Waals surface area contributed by atoms with Gasteiger partial charge < -0.3 is 30.3 Å². The lowest BCUT2D eigenvalue weighted by Gasteiger charge is -2.52. The fourth-order valence-corrected chi connectivity index (χ4v) is 6.14. The van der Waals surface area contributed by atoms with E-state index in [0.29, 0.717) is 44.6 Å². The van der Waals surface area contributed by atoms with Crippen LogP contribution >= 0.6 is 0 Å². The molecule has 0 bridgehead atoms. The van der Waals surface area contributed by atoms with Gasteiger partial charge in [-0.05, 0) is 60.9 Å². The monoisotopic (exact) mass is 549 g/mol. The molecule has 0 radical (unpaired) electrons. The average Bonchev–Trinajstić information content (AvgIpc) is 3.49. The summed E-state index contributed by atoms with van der Waals surface area (Å²) in [7, 11) is 1.67. The second-order valence-corrected chi connectivity index (χ2v) is 11.5. The van der Waals surface area contributed by atoms with E-state index in [4.69, 9.17) is 14.8 Å². The Labute approximate surface area is 241 Å². The smallest absolute Gasteiger partial charge is 0.205 e. The number of ether oxygens (including phenoxy) is 2. The number of aryl methyl sites for hydroxylation is 1. The van der Waals surface area contributed by atoms with Crippen LogP contribution < -0.4 is 15.4 Å². The van der Waals surface area contributed by atoms with Gasteiger partial charge in [0.2, 0.25) is 5.91 Å². The zero-order chi connectivity index (χ0) is 28.4. The summed E-state index contributed by atoms with van der Waals surface area (Å²) in [6.45, 7) is 11.0. The third kappa shape index (κ3) is 7.64. The fourth-order valence-electron chi connectivity index (χ4n) is 6.14. The molecule has 3 atom stereocenters. The van der Waals surface area contributed by atoms with Crippen LogP contribution in [0.4, 0.5) is 0 Å². The molecule has 220 valence electrons. The summed E-state index contributed by atoms with van der Waals surface area (Å²) in [6, 6.07) is 16.5. The van der Waals surface area contributed by atoms with Gasteiger partial charge in [0.25, 0.3) is 0 Å². The van der Waals surface area contributed by atoms with Gasteiger partial charge in [-0.3, -0.25) is 4.79 Å². The Kier molecular flexibility index (Phi) is 11.4. The number of methoxy groups -OCH3 is 1. The van der Waals surface area contributed by atoms with Crippen molar-refractivity contribution in [2.45, 2.75) is 77.0 Å². The quantitative estimate of drug-likeness (QED) is 0.283. The highest BCUT2D eigenvalue weighted by Gasteiger charge is 2.48. The Morgan fingerprint density at radius 3 is 2.52 bits per heavy atom. The number of hydrogen-bond donors (Lipinski definition) is 2. The number of carbonyl (C=O) groups excluding carboxylic acids is 1. The molecule has 0 aromatic heterocycles. The zero-order valence-electron chi connectivity index (χ0n) is 25.0. The van der Waals surface area contributed by atoms with E-state index in [9.17, 15) is 4.79 Å². The van der Waals surface area contributed by atoms with Gasteiger partial charge in [-0.15, -0.1) is 6.54 Å². The highest BCUT2D eigenvalue weighted by Crippen LogP contribution is 2.39. The molecule has 2 aromatic rings. The number of amides is 1. The molecule has 0 aliphatic carbocycles. The first kappa shape index (κ1) is 30.5. The average molecular weight is 550 g/mol. The van der Waals surface area contributed by atoms with Gasteiger partial charge in [0.15, 0.2) is 0 Å². The summed E-state index contributed by atoms with van der Waals surface area (Å²) in [4.78, 5) is 15.9. The first-order valence-electron chi connectivity index (χ1n) is 15.2. The van der Waals surface area contributed by atoms with Gasteiger partial charge in [0.1, 0.15) is 11.4 Å². The number of carbonyl (C=O) groups is 1. The minimum absolute atomic E-state index is 0.104. The lowest BCUT2D eigenvalue weighted by molar-refractivity contribution is -0.173. The van der Waals surface area contributed by atoms with Crippen LogP contribution in [0.2, 0.25) is 0 Å². The largest absolute Gasteiger partial charge is 0.651 e. The molecule has 2 fully saturated rings. The van der Waals surface area contributed by atoms with E-state index in [1.54, 1.807) is 7.11 Å². The lowest BCUT2D eigenvalue weighted by Crippen LogP contribution is -2.64. The zero-order valence-corrected chi connectivity index (χ0v) is 25.0. The molecule has 40 heavy (non-hydrogen) atoms. The van der Waals surface area contributed by atoms with E-state index < -0.39 is 11.6 Å². The van der Waals surface area contributed by atoms with Crippen molar-refractivity contribution in [1.29, 1.82) is 0 Å². The van der Waals surface area contributed by atoms with E-state index in [-0.39, 0.29) is 5.91 Å². The molecule has 2 aromatic carbocycles. The molecule has 2 heterocycles. The topological polar surface area (TPSA) is 76.9 Å². The standard InChI is InChI=1S/C33H49N4O3/c1-5-7-19-40-33(29-12-9-8-11-25(29)3)22-37(23-33)32(38)30(20-26-13-15-28(39-4)16-14-26)35-18-17-27(10-6-2)31-21-34-24-36-31/h8-9,11-16,27,30-31,34,36H,5-7,10,17-24H2,1-4H3/q-1. The minimum Gasteiger partial charge on any atom is -0.651 e. The molecular weight excluding hydrogens is 500 g/mol. The maximum atomic E-state index is 14.0. The molecule has 4 rings (SSSR count). The van der Waals surface area contributed by atoms with E-state index in [1.807, 2.05) is 29.2 Å². The molecule has 2 aliphatic heterocycles. The number of nitrogens with one attached hydrogen (secondary N) is 2. The van der Waals surface area contributed by atoms with Crippen LogP contribution in [0.5, 0.6) is 5.75 Å². The van der Waals surface area contributed by atoms with Crippen molar-refractivity contribution in [2.75, 3.05) is 46.6 Å². The molecule has 0 spiro atoms. The van der Waals surface area contributed by atoms with Crippen LogP contribution in [0.1, 0.15) is 62.6 Å². The SMILES string of the molecule is CCCCOC1(c2ccccc2C)CN(C(=O)C(Cc2ccc(OC)cc2)[N-]CCC(CCC)C2CNCN2)C1. The van der Waals surface area contributed by atoms with Gasteiger partial charge in [0, 0.05) is 25.9 Å². The highest BCUT2D eigenvalue weighted by molar-refractivity contribution is 5.85. The van der Waals surface area contributed by atoms with Crippen LogP contribution in [-0.4, -0.2) is 69.5 Å². The molecule has 7 nitrogen and oxygen atoms in total. The Hall–Kier alpha value is -2.45. The first-order valence-corrected chi connectivity index (χ1v) is 15.2. The van der Waals surface area contributed by atoms with Crippen molar-refractivity contribution < 1.29 is 14.3 Å². The van der Waals surface area contributed by atoms with Crippen LogP contribution in [-0.2, 0) is 21.6 Å². The molecule has 0 saturated carbocycles. The molecular formula is C33H49N4O3-. The van der Waals surface area contributed by atoms with Crippen molar-refractivity contribution in [3.63, 3.8) is 0 Å². The van der Waals surface area contributed by atoms with Gasteiger partial charge in [0.05, 0.1) is 20.2 Å². The van der Waals surface area contributed by atoms with Gasteiger partial charge in [-0.2, -0.15) is 0 Å². The highest BCUT2D eigenvalue weighted by atomic mass is 16.5. The van der Waals surface area contributed by atoms with Crippen molar-refractivity contribution >= 4 is 5.91 Å². The number of hydrogen-bond acceptors (Lipinski definition) is 5. The van der Waals surface area contributed by atoms with Crippen molar-refractivity contribution in [1.82, 2.24) is 15.5 Å². The summed E-state index contributed by atoms with van der Waals surface area (Å²) < 4.78 is 11.9. The van der Waals surface area contributed by atoms with Crippen LogP contribution in [0.25, 0.3) is 5.32 Å². The Bertz CT molecular complexity index is 1050.